The first-order valence-corrected chi connectivity index (χ1v) is 11.6. The summed E-state index contributed by atoms with van der Waals surface area (Å²) in [5.74, 6) is -1.52. The van der Waals surface area contributed by atoms with Crippen molar-refractivity contribution in [2.24, 2.45) is 0 Å². The number of hydrogen-bond acceptors (Lipinski definition) is 3. The molecule has 0 aliphatic heterocycles. The maximum atomic E-state index is 15.0. The summed E-state index contributed by atoms with van der Waals surface area (Å²) in [6, 6.07) is 14.8. The predicted octanol–water partition coefficient (Wildman–Crippen LogP) is 7.42. The first-order chi connectivity index (χ1) is 16.5. The van der Waals surface area contributed by atoms with Crippen molar-refractivity contribution in [1.82, 2.24) is 0 Å². The number of benzene rings is 3. The third-order valence-electron chi connectivity index (χ3n) is 6.43. The average Bonchev–Trinajstić information content (AvgIpc) is 2.86. The number of halogens is 3. The van der Waals surface area contributed by atoms with E-state index in [0.717, 1.165) is 31.2 Å². The molecule has 0 atom stereocenters. The molecule has 1 aliphatic rings. The number of rotatable bonds is 8. The summed E-state index contributed by atoms with van der Waals surface area (Å²) >= 11 is 0. The molecule has 0 radical (unpaired) electrons. The van der Waals surface area contributed by atoms with Crippen LogP contribution in [0.25, 0.3) is 11.1 Å². The molecule has 4 rings (SSSR count). The number of hydrogen-bond donors (Lipinski definition) is 0. The van der Waals surface area contributed by atoms with Gasteiger partial charge in [-0.1, -0.05) is 36.4 Å². The van der Waals surface area contributed by atoms with Crippen LogP contribution in [-0.4, -0.2) is 19.8 Å². The summed E-state index contributed by atoms with van der Waals surface area (Å²) in [4.78, 5) is 0. The first kappa shape index (κ1) is 24.1. The molecule has 0 aromatic heterocycles. The molecule has 3 aromatic rings. The van der Waals surface area contributed by atoms with E-state index in [0.29, 0.717) is 23.5 Å². The minimum absolute atomic E-state index is 0.0115. The Morgan fingerprint density at radius 3 is 2.21 bits per heavy atom. The van der Waals surface area contributed by atoms with Crippen molar-refractivity contribution in [3.63, 3.8) is 0 Å². The van der Waals surface area contributed by atoms with Crippen LogP contribution in [0.2, 0.25) is 0 Å². The van der Waals surface area contributed by atoms with Gasteiger partial charge in [0.05, 0.1) is 12.7 Å². The van der Waals surface area contributed by atoms with Gasteiger partial charge in [0, 0.05) is 18.7 Å². The van der Waals surface area contributed by atoms with E-state index < -0.39 is 17.5 Å². The van der Waals surface area contributed by atoms with E-state index >= 15 is 0 Å². The topological polar surface area (TPSA) is 27.7 Å². The molecule has 0 saturated heterocycles. The van der Waals surface area contributed by atoms with E-state index in [4.69, 9.17) is 14.2 Å². The predicted molar refractivity (Wildman–Crippen MR) is 126 cm³/mol. The zero-order chi connectivity index (χ0) is 24.1. The molecule has 0 unspecified atom stereocenters. The largest absolute Gasteiger partial charge is 0.494 e. The van der Waals surface area contributed by atoms with Crippen molar-refractivity contribution in [3.05, 3.63) is 83.2 Å². The Labute approximate surface area is 198 Å². The molecule has 1 saturated carbocycles. The highest BCUT2D eigenvalue weighted by atomic mass is 19.2. The van der Waals surface area contributed by atoms with Gasteiger partial charge >= 0.3 is 0 Å². The second-order valence-electron chi connectivity index (χ2n) is 8.55. The quantitative estimate of drug-likeness (QED) is 0.343. The van der Waals surface area contributed by atoms with Gasteiger partial charge in [-0.2, -0.15) is 0 Å². The van der Waals surface area contributed by atoms with Crippen LogP contribution in [0, 0.1) is 17.5 Å². The monoisotopic (exact) mass is 470 g/mol. The van der Waals surface area contributed by atoms with E-state index in [1.165, 1.54) is 12.1 Å². The third-order valence-corrected chi connectivity index (χ3v) is 6.43. The second-order valence-corrected chi connectivity index (χ2v) is 8.55. The van der Waals surface area contributed by atoms with Crippen LogP contribution in [0.4, 0.5) is 13.2 Å². The van der Waals surface area contributed by atoms with Crippen molar-refractivity contribution in [2.75, 3.05) is 13.7 Å². The second kappa shape index (κ2) is 11.0. The molecule has 6 heteroatoms. The van der Waals surface area contributed by atoms with Gasteiger partial charge < -0.3 is 14.2 Å². The van der Waals surface area contributed by atoms with Crippen molar-refractivity contribution >= 4 is 0 Å². The lowest BCUT2D eigenvalue weighted by atomic mass is 9.82. The lowest BCUT2D eigenvalue weighted by Gasteiger charge is -2.28. The minimum atomic E-state index is -0.827. The SMILES string of the molecule is CCOc1ccc(OCc2ccc(-c3ccc(C4CCC(OC)CC4)c(F)c3F)cc2)c(F)c1. The van der Waals surface area contributed by atoms with Crippen LogP contribution in [0.15, 0.2) is 54.6 Å². The summed E-state index contributed by atoms with van der Waals surface area (Å²) < 4.78 is 60.3. The summed E-state index contributed by atoms with van der Waals surface area (Å²) in [6.45, 7) is 2.42. The van der Waals surface area contributed by atoms with E-state index in [9.17, 15) is 13.2 Å². The Hall–Kier alpha value is -2.99. The van der Waals surface area contributed by atoms with Crippen molar-refractivity contribution in [2.45, 2.75) is 51.2 Å². The Morgan fingerprint density at radius 1 is 0.824 bits per heavy atom. The fraction of sp³-hybridized carbons (Fsp3) is 0.357. The molecule has 1 fully saturated rings. The minimum Gasteiger partial charge on any atom is -0.494 e. The van der Waals surface area contributed by atoms with Gasteiger partial charge in [-0.25, -0.2) is 13.2 Å². The molecule has 180 valence electrons. The molecule has 0 N–H and O–H groups in total. The zero-order valence-electron chi connectivity index (χ0n) is 19.5. The van der Waals surface area contributed by atoms with Gasteiger partial charge in [0.1, 0.15) is 12.4 Å². The molecule has 0 amide bonds. The van der Waals surface area contributed by atoms with E-state index in [-0.39, 0.29) is 29.9 Å². The van der Waals surface area contributed by atoms with Crippen LogP contribution in [0.1, 0.15) is 49.7 Å². The maximum Gasteiger partial charge on any atom is 0.168 e. The molecule has 1 aliphatic carbocycles. The van der Waals surface area contributed by atoms with Crippen LogP contribution in [-0.2, 0) is 11.3 Å². The van der Waals surface area contributed by atoms with Gasteiger partial charge in [0.15, 0.2) is 23.2 Å². The highest BCUT2D eigenvalue weighted by Crippen LogP contribution is 2.37. The summed E-state index contributed by atoms with van der Waals surface area (Å²) in [5.41, 5.74) is 2.02. The molecule has 0 heterocycles. The highest BCUT2D eigenvalue weighted by molar-refractivity contribution is 5.65. The summed E-state index contributed by atoms with van der Waals surface area (Å²) in [5, 5.41) is 0. The maximum absolute atomic E-state index is 15.0. The van der Waals surface area contributed by atoms with Gasteiger partial charge in [-0.05, 0) is 67.3 Å². The standard InChI is InChI=1S/C28H29F3O3/c1-3-33-22-12-15-26(25(29)16-22)34-17-18-4-6-19(7-5-18)23-13-14-24(28(31)27(23)30)20-8-10-21(32-2)11-9-20/h4-7,12-16,20-21H,3,8-11,17H2,1-2H3. The van der Waals surface area contributed by atoms with Crippen LogP contribution in [0.5, 0.6) is 11.5 Å². The van der Waals surface area contributed by atoms with Gasteiger partial charge in [-0.3, -0.25) is 0 Å². The molecule has 34 heavy (non-hydrogen) atoms. The Bertz CT molecular complexity index is 1110. The summed E-state index contributed by atoms with van der Waals surface area (Å²) in [7, 11) is 1.69. The lowest BCUT2D eigenvalue weighted by molar-refractivity contribution is 0.0655. The van der Waals surface area contributed by atoms with E-state index in [2.05, 4.69) is 0 Å². The van der Waals surface area contributed by atoms with Crippen LogP contribution in [0.3, 0.4) is 0 Å². The van der Waals surface area contributed by atoms with Crippen LogP contribution < -0.4 is 9.47 Å². The smallest absolute Gasteiger partial charge is 0.168 e. The molecule has 3 nitrogen and oxygen atoms in total. The third kappa shape index (κ3) is 5.39. The first-order valence-electron chi connectivity index (χ1n) is 11.6. The fourth-order valence-electron chi connectivity index (χ4n) is 4.51. The van der Waals surface area contributed by atoms with Gasteiger partial charge in [0.2, 0.25) is 0 Å². The zero-order valence-corrected chi connectivity index (χ0v) is 19.5. The fourth-order valence-corrected chi connectivity index (χ4v) is 4.51. The van der Waals surface area contributed by atoms with E-state index in [1.807, 2.05) is 6.92 Å². The Morgan fingerprint density at radius 2 is 1.56 bits per heavy atom. The molecular formula is C28H29F3O3. The number of ether oxygens (including phenoxy) is 3. The highest BCUT2D eigenvalue weighted by Gasteiger charge is 2.26. The lowest BCUT2D eigenvalue weighted by Crippen LogP contribution is -2.20. The van der Waals surface area contributed by atoms with Gasteiger partial charge in [-0.15, -0.1) is 0 Å². The van der Waals surface area contributed by atoms with Crippen molar-refractivity contribution in [1.29, 1.82) is 0 Å². The normalized spacial score (nSPS) is 18.0. The van der Waals surface area contributed by atoms with Crippen LogP contribution >= 0.6 is 0 Å². The van der Waals surface area contributed by atoms with Crippen molar-refractivity contribution in [3.8, 4) is 22.6 Å². The van der Waals surface area contributed by atoms with Crippen molar-refractivity contribution < 1.29 is 27.4 Å². The molecule has 0 spiro atoms. The van der Waals surface area contributed by atoms with Gasteiger partial charge in [0.25, 0.3) is 0 Å². The average molecular weight is 471 g/mol. The molecule has 0 bridgehead atoms. The number of methoxy groups -OCH3 is 1. The molecular weight excluding hydrogens is 441 g/mol. The Kier molecular flexibility index (Phi) is 7.78. The summed E-state index contributed by atoms with van der Waals surface area (Å²) in [6.07, 6.45) is 3.49. The van der Waals surface area contributed by atoms with E-state index in [1.54, 1.807) is 49.6 Å². The molecule has 3 aromatic carbocycles. The Balaban J connectivity index is 1.43.